The van der Waals surface area contributed by atoms with Gasteiger partial charge in [0.25, 0.3) is 0 Å². The van der Waals surface area contributed by atoms with Crippen molar-refractivity contribution in [3.63, 3.8) is 0 Å². The SMILES string of the molecule is CCNc1nc(CC)nc(NCC2CSCCS2)c1C. The second-order valence-electron chi connectivity index (χ2n) is 4.79. The zero-order valence-electron chi connectivity index (χ0n) is 12.5. The van der Waals surface area contributed by atoms with Crippen molar-refractivity contribution in [2.75, 3.05) is 41.0 Å². The number of anilines is 2. The number of nitrogens with zero attached hydrogens (tertiary/aromatic N) is 2. The van der Waals surface area contributed by atoms with Crippen LogP contribution < -0.4 is 10.6 Å². The van der Waals surface area contributed by atoms with E-state index in [1.807, 2.05) is 0 Å². The Kier molecular flexibility index (Phi) is 6.29. The lowest BCUT2D eigenvalue weighted by Gasteiger charge is -2.22. The van der Waals surface area contributed by atoms with Gasteiger partial charge in [-0.15, -0.1) is 0 Å². The molecule has 1 aliphatic heterocycles. The maximum Gasteiger partial charge on any atom is 0.134 e. The molecule has 4 nitrogen and oxygen atoms in total. The van der Waals surface area contributed by atoms with Crippen LogP contribution in [0, 0.1) is 6.92 Å². The van der Waals surface area contributed by atoms with E-state index in [2.05, 4.69) is 64.9 Å². The van der Waals surface area contributed by atoms with Crippen molar-refractivity contribution >= 4 is 35.2 Å². The molecule has 0 radical (unpaired) electrons. The van der Waals surface area contributed by atoms with Crippen molar-refractivity contribution < 1.29 is 0 Å². The van der Waals surface area contributed by atoms with E-state index in [0.29, 0.717) is 5.25 Å². The molecule has 1 aliphatic rings. The smallest absolute Gasteiger partial charge is 0.134 e. The summed E-state index contributed by atoms with van der Waals surface area (Å²) < 4.78 is 0. The van der Waals surface area contributed by atoms with Gasteiger partial charge in [0, 0.05) is 47.6 Å². The Morgan fingerprint density at radius 3 is 2.50 bits per heavy atom. The molecule has 1 fully saturated rings. The van der Waals surface area contributed by atoms with Crippen LogP contribution in [0.4, 0.5) is 11.6 Å². The molecular formula is C14H24N4S2. The third-order valence-electron chi connectivity index (χ3n) is 3.23. The fourth-order valence-corrected chi connectivity index (χ4v) is 4.71. The van der Waals surface area contributed by atoms with Crippen molar-refractivity contribution in [2.45, 2.75) is 32.4 Å². The van der Waals surface area contributed by atoms with Gasteiger partial charge in [0.1, 0.15) is 17.5 Å². The molecule has 0 bridgehead atoms. The molecule has 6 heteroatoms. The quantitative estimate of drug-likeness (QED) is 0.842. The standard InChI is InChI=1S/C14H24N4S2/c1-4-12-17-13(15-5-2)10(3)14(18-12)16-8-11-9-19-6-7-20-11/h11H,4-9H2,1-3H3,(H2,15,16,17,18). The van der Waals surface area contributed by atoms with Crippen molar-refractivity contribution in [1.29, 1.82) is 0 Å². The number of aromatic nitrogens is 2. The van der Waals surface area contributed by atoms with Crippen LogP contribution in [-0.4, -0.2) is 45.6 Å². The Labute approximate surface area is 130 Å². The van der Waals surface area contributed by atoms with E-state index in [1.165, 1.54) is 17.3 Å². The second kappa shape index (κ2) is 7.98. The number of hydrogen-bond donors (Lipinski definition) is 2. The van der Waals surface area contributed by atoms with E-state index >= 15 is 0 Å². The Morgan fingerprint density at radius 1 is 1.15 bits per heavy atom. The third-order valence-corrected chi connectivity index (χ3v) is 6.08. The lowest BCUT2D eigenvalue weighted by Crippen LogP contribution is -2.24. The van der Waals surface area contributed by atoms with Crippen molar-refractivity contribution in [3.05, 3.63) is 11.4 Å². The van der Waals surface area contributed by atoms with E-state index in [-0.39, 0.29) is 0 Å². The number of hydrogen-bond acceptors (Lipinski definition) is 6. The van der Waals surface area contributed by atoms with Crippen LogP contribution in [-0.2, 0) is 6.42 Å². The van der Waals surface area contributed by atoms with Crippen molar-refractivity contribution in [2.24, 2.45) is 0 Å². The van der Waals surface area contributed by atoms with Gasteiger partial charge in [-0.05, 0) is 13.8 Å². The van der Waals surface area contributed by atoms with E-state index in [4.69, 9.17) is 0 Å². The predicted octanol–water partition coefficient (Wildman–Crippen LogP) is 3.04. The zero-order chi connectivity index (χ0) is 14.4. The maximum atomic E-state index is 4.64. The van der Waals surface area contributed by atoms with Gasteiger partial charge >= 0.3 is 0 Å². The van der Waals surface area contributed by atoms with Crippen LogP contribution in [0.15, 0.2) is 0 Å². The number of rotatable bonds is 6. The van der Waals surface area contributed by atoms with Gasteiger partial charge < -0.3 is 10.6 Å². The van der Waals surface area contributed by atoms with Crippen molar-refractivity contribution in [1.82, 2.24) is 9.97 Å². The van der Waals surface area contributed by atoms with E-state index in [9.17, 15) is 0 Å². The molecule has 1 atom stereocenters. The van der Waals surface area contributed by atoms with Gasteiger partial charge in [-0.1, -0.05) is 6.92 Å². The zero-order valence-corrected chi connectivity index (χ0v) is 14.2. The van der Waals surface area contributed by atoms with E-state index in [1.54, 1.807) is 0 Å². The molecule has 20 heavy (non-hydrogen) atoms. The first kappa shape index (κ1) is 15.8. The third kappa shape index (κ3) is 4.19. The van der Waals surface area contributed by atoms with Crippen molar-refractivity contribution in [3.8, 4) is 0 Å². The molecular weight excluding hydrogens is 288 g/mol. The minimum absolute atomic E-state index is 0.691. The lowest BCUT2D eigenvalue weighted by molar-refractivity contribution is 0.911. The minimum atomic E-state index is 0.691. The molecule has 0 aliphatic carbocycles. The highest BCUT2D eigenvalue weighted by atomic mass is 32.2. The molecule has 2 heterocycles. The van der Waals surface area contributed by atoms with E-state index < -0.39 is 0 Å². The number of thioether (sulfide) groups is 2. The predicted molar refractivity (Wildman–Crippen MR) is 92.4 cm³/mol. The summed E-state index contributed by atoms with van der Waals surface area (Å²) in [6.45, 7) is 8.15. The average molecular weight is 313 g/mol. The Morgan fingerprint density at radius 2 is 1.90 bits per heavy atom. The maximum absolute atomic E-state index is 4.64. The van der Waals surface area contributed by atoms with Crippen LogP contribution in [0.5, 0.6) is 0 Å². The summed E-state index contributed by atoms with van der Waals surface area (Å²) in [5, 5.41) is 7.55. The molecule has 0 aromatic carbocycles. The van der Waals surface area contributed by atoms with Crippen LogP contribution >= 0.6 is 23.5 Å². The fraction of sp³-hybridized carbons (Fsp3) is 0.714. The molecule has 1 saturated heterocycles. The number of nitrogens with one attached hydrogen (secondary N) is 2. The van der Waals surface area contributed by atoms with E-state index in [0.717, 1.165) is 42.5 Å². The second-order valence-corrected chi connectivity index (χ2v) is 7.35. The highest BCUT2D eigenvalue weighted by Crippen LogP contribution is 2.25. The first-order chi connectivity index (χ1) is 9.74. The van der Waals surface area contributed by atoms with Gasteiger partial charge in [0.05, 0.1) is 0 Å². The van der Waals surface area contributed by atoms with Gasteiger partial charge in [-0.2, -0.15) is 23.5 Å². The molecule has 0 amide bonds. The molecule has 2 N–H and O–H groups in total. The Bertz CT molecular complexity index is 433. The lowest BCUT2D eigenvalue weighted by atomic mass is 10.2. The Balaban J connectivity index is 2.06. The minimum Gasteiger partial charge on any atom is -0.370 e. The summed E-state index contributed by atoms with van der Waals surface area (Å²) in [4.78, 5) is 9.20. The average Bonchev–Trinajstić information content (AvgIpc) is 2.49. The summed E-state index contributed by atoms with van der Waals surface area (Å²) in [5.41, 5.74) is 1.12. The largest absolute Gasteiger partial charge is 0.370 e. The highest BCUT2D eigenvalue weighted by molar-refractivity contribution is 8.06. The summed E-state index contributed by atoms with van der Waals surface area (Å²) in [5.74, 6) is 6.65. The van der Waals surface area contributed by atoms with Gasteiger partial charge in [-0.25, -0.2) is 9.97 Å². The van der Waals surface area contributed by atoms with Crippen LogP contribution in [0.25, 0.3) is 0 Å². The Hall–Kier alpha value is -0.620. The summed E-state index contributed by atoms with van der Waals surface area (Å²) in [6.07, 6.45) is 0.862. The molecule has 2 rings (SSSR count). The fourth-order valence-electron chi connectivity index (χ4n) is 2.10. The topological polar surface area (TPSA) is 49.8 Å². The molecule has 1 aromatic heterocycles. The summed E-state index contributed by atoms with van der Waals surface area (Å²) in [7, 11) is 0. The summed E-state index contributed by atoms with van der Waals surface area (Å²) in [6, 6.07) is 0. The normalized spacial score (nSPS) is 18.9. The summed E-state index contributed by atoms with van der Waals surface area (Å²) >= 11 is 4.13. The van der Waals surface area contributed by atoms with Gasteiger partial charge in [0.15, 0.2) is 0 Å². The molecule has 0 saturated carbocycles. The van der Waals surface area contributed by atoms with Crippen LogP contribution in [0.1, 0.15) is 25.2 Å². The van der Waals surface area contributed by atoms with Gasteiger partial charge in [0.2, 0.25) is 0 Å². The highest BCUT2D eigenvalue weighted by Gasteiger charge is 2.16. The van der Waals surface area contributed by atoms with Crippen LogP contribution in [0.3, 0.4) is 0 Å². The molecule has 1 unspecified atom stereocenters. The molecule has 0 spiro atoms. The monoisotopic (exact) mass is 312 g/mol. The number of aryl methyl sites for hydroxylation is 1. The molecule has 1 aromatic rings. The molecule has 112 valence electrons. The van der Waals surface area contributed by atoms with Gasteiger partial charge in [-0.3, -0.25) is 0 Å². The first-order valence-corrected chi connectivity index (χ1v) is 9.49. The van der Waals surface area contributed by atoms with Crippen LogP contribution in [0.2, 0.25) is 0 Å². The first-order valence-electron chi connectivity index (χ1n) is 7.29.